The second kappa shape index (κ2) is 10.6. The number of benzene rings is 1. The van der Waals surface area contributed by atoms with Crippen LogP contribution in [0.25, 0.3) is 0 Å². The third kappa shape index (κ3) is 5.03. The van der Waals surface area contributed by atoms with E-state index in [4.69, 9.17) is 9.47 Å². The molecule has 9 heteroatoms. The summed E-state index contributed by atoms with van der Waals surface area (Å²) in [7, 11) is 1.49. The van der Waals surface area contributed by atoms with E-state index >= 15 is 0 Å². The van der Waals surface area contributed by atoms with Crippen LogP contribution in [0, 0.1) is 11.8 Å². The van der Waals surface area contributed by atoms with Gasteiger partial charge in [-0.05, 0) is 49.0 Å². The first-order valence-corrected chi connectivity index (χ1v) is 12.4. The minimum Gasteiger partial charge on any atom is -0.493 e. The van der Waals surface area contributed by atoms with Crippen molar-refractivity contribution in [1.82, 2.24) is 10.2 Å². The molecule has 3 aliphatic rings. The van der Waals surface area contributed by atoms with Gasteiger partial charge in [-0.15, -0.1) is 0 Å². The van der Waals surface area contributed by atoms with Crippen LogP contribution in [0.5, 0.6) is 11.5 Å². The summed E-state index contributed by atoms with van der Waals surface area (Å²) in [5.41, 5.74) is 1.61. The number of aliphatic hydroxyl groups is 3. The molecule has 0 bridgehead atoms. The van der Waals surface area contributed by atoms with Crippen molar-refractivity contribution in [3.8, 4) is 11.5 Å². The van der Waals surface area contributed by atoms with Gasteiger partial charge < -0.3 is 35.0 Å². The van der Waals surface area contributed by atoms with E-state index in [0.29, 0.717) is 40.7 Å². The normalized spacial score (nSPS) is 24.8. The van der Waals surface area contributed by atoms with Gasteiger partial charge >= 0.3 is 0 Å². The molecule has 192 valence electrons. The van der Waals surface area contributed by atoms with E-state index in [2.05, 4.69) is 19.2 Å². The lowest BCUT2D eigenvalue weighted by molar-refractivity contribution is -0.138. The van der Waals surface area contributed by atoms with Gasteiger partial charge in [0.25, 0.3) is 0 Å². The van der Waals surface area contributed by atoms with Crippen LogP contribution < -0.4 is 14.8 Å². The molecule has 0 radical (unpaired) electrons. The van der Waals surface area contributed by atoms with E-state index in [1.54, 1.807) is 23.1 Å². The lowest BCUT2D eigenvalue weighted by Gasteiger charge is -2.41. The predicted octanol–water partition coefficient (Wildman–Crippen LogP) is 1.09. The predicted molar refractivity (Wildman–Crippen MR) is 128 cm³/mol. The summed E-state index contributed by atoms with van der Waals surface area (Å²) in [6, 6.07) is 2.70. The zero-order valence-corrected chi connectivity index (χ0v) is 20.6. The summed E-state index contributed by atoms with van der Waals surface area (Å²) in [6.45, 7) is 4.28. The molecule has 0 unspecified atom stereocenters. The SMILES string of the molecule is COc1cc(CO)cc2c1O[C@@H]1[C@@H](O)[C@H](N(CCC(C)C)C(=O)C3CC3)C=C(C(=O)NCCO)[C@H]21. The zero-order valence-electron chi connectivity index (χ0n) is 20.6. The number of nitrogens with zero attached hydrogens (tertiary/aromatic N) is 1. The molecule has 1 aliphatic heterocycles. The number of methoxy groups -OCH3 is 1. The van der Waals surface area contributed by atoms with E-state index < -0.39 is 30.1 Å². The number of ether oxygens (including phenoxy) is 2. The minimum absolute atomic E-state index is 0.00447. The molecule has 1 heterocycles. The first-order chi connectivity index (χ1) is 16.8. The van der Waals surface area contributed by atoms with Crippen molar-refractivity contribution in [2.75, 3.05) is 26.8 Å². The van der Waals surface area contributed by atoms with Crippen LogP contribution >= 0.6 is 0 Å². The number of hydrogen-bond donors (Lipinski definition) is 4. The molecule has 1 aromatic carbocycles. The Labute approximate surface area is 205 Å². The average molecular weight is 489 g/mol. The Morgan fingerprint density at radius 2 is 2.00 bits per heavy atom. The zero-order chi connectivity index (χ0) is 25.3. The molecule has 35 heavy (non-hydrogen) atoms. The number of hydrogen-bond acceptors (Lipinski definition) is 7. The molecule has 2 aliphatic carbocycles. The number of aliphatic hydroxyl groups excluding tert-OH is 3. The summed E-state index contributed by atoms with van der Waals surface area (Å²) < 4.78 is 11.7. The lowest BCUT2D eigenvalue weighted by atomic mass is 9.77. The van der Waals surface area contributed by atoms with E-state index in [-0.39, 0.29) is 31.6 Å². The number of carbonyl (C=O) groups is 2. The topological polar surface area (TPSA) is 129 Å². The maximum Gasteiger partial charge on any atom is 0.247 e. The monoisotopic (exact) mass is 488 g/mol. The summed E-state index contributed by atoms with van der Waals surface area (Å²) in [5.74, 6) is 0.142. The summed E-state index contributed by atoms with van der Waals surface area (Å²) in [6.07, 6.45) is 2.25. The Morgan fingerprint density at radius 1 is 1.26 bits per heavy atom. The Balaban J connectivity index is 1.78. The first kappa shape index (κ1) is 25.5. The summed E-state index contributed by atoms with van der Waals surface area (Å²) in [5, 5.41) is 33.2. The molecule has 4 N–H and O–H groups in total. The molecule has 2 amide bonds. The van der Waals surface area contributed by atoms with E-state index in [1.807, 2.05) is 0 Å². The molecule has 1 aromatic rings. The maximum atomic E-state index is 13.3. The Kier molecular flexibility index (Phi) is 7.68. The quantitative estimate of drug-likeness (QED) is 0.388. The highest BCUT2D eigenvalue weighted by Crippen LogP contribution is 2.51. The van der Waals surface area contributed by atoms with Crippen molar-refractivity contribution in [1.29, 1.82) is 0 Å². The second-order valence-electron chi connectivity index (χ2n) is 10.0. The number of rotatable bonds is 10. The first-order valence-electron chi connectivity index (χ1n) is 12.4. The molecular weight excluding hydrogens is 452 g/mol. The smallest absolute Gasteiger partial charge is 0.247 e. The molecule has 4 atom stereocenters. The number of carbonyl (C=O) groups excluding carboxylic acids is 2. The van der Waals surface area contributed by atoms with Crippen LogP contribution in [0.15, 0.2) is 23.8 Å². The van der Waals surface area contributed by atoms with Crippen LogP contribution in [-0.2, 0) is 16.2 Å². The molecular formula is C26H36N2O7. The molecule has 0 aromatic heterocycles. The average Bonchev–Trinajstić information content (AvgIpc) is 3.63. The third-order valence-corrected chi connectivity index (χ3v) is 7.01. The van der Waals surface area contributed by atoms with Crippen LogP contribution in [0.2, 0.25) is 0 Å². The largest absolute Gasteiger partial charge is 0.493 e. The standard InChI is InChI=1S/C26H36N2O7/c1-14(2)6-8-28(26(33)16-4-5-16)19-12-18(25(32)27-7-9-29)21-17-10-15(13-30)11-20(34-3)23(17)35-24(21)22(19)31/h10-12,14,16,19,21-22,24,29-31H,4-9,13H2,1-3H3,(H,27,32)/t19-,21+,22+,24+/m1/s1. The summed E-state index contributed by atoms with van der Waals surface area (Å²) in [4.78, 5) is 28.2. The lowest BCUT2D eigenvalue weighted by Crippen LogP contribution is -2.56. The van der Waals surface area contributed by atoms with E-state index in [9.17, 15) is 24.9 Å². The maximum absolute atomic E-state index is 13.3. The van der Waals surface area contributed by atoms with Crippen LogP contribution in [-0.4, -0.2) is 77.1 Å². The summed E-state index contributed by atoms with van der Waals surface area (Å²) >= 11 is 0. The van der Waals surface area contributed by atoms with Crippen molar-refractivity contribution in [3.63, 3.8) is 0 Å². The Morgan fingerprint density at radius 3 is 2.60 bits per heavy atom. The molecule has 4 rings (SSSR count). The van der Waals surface area contributed by atoms with Crippen LogP contribution in [0.3, 0.4) is 0 Å². The van der Waals surface area contributed by atoms with Crippen molar-refractivity contribution in [2.45, 2.75) is 63.9 Å². The number of amides is 2. The fourth-order valence-electron chi connectivity index (χ4n) is 4.99. The van der Waals surface area contributed by atoms with Crippen molar-refractivity contribution < 1.29 is 34.4 Å². The van der Waals surface area contributed by atoms with Gasteiger partial charge in [0.15, 0.2) is 11.5 Å². The minimum atomic E-state index is -1.07. The second-order valence-corrected chi connectivity index (χ2v) is 10.0. The Hall–Kier alpha value is -2.62. The molecule has 0 saturated heterocycles. The van der Waals surface area contributed by atoms with Gasteiger partial charge in [0.1, 0.15) is 12.2 Å². The van der Waals surface area contributed by atoms with Crippen LogP contribution in [0.4, 0.5) is 0 Å². The van der Waals surface area contributed by atoms with E-state index in [1.165, 1.54) is 7.11 Å². The van der Waals surface area contributed by atoms with Crippen molar-refractivity contribution in [2.24, 2.45) is 11.8 Å². The van der Waals surface area contributed by atoms with Gasteiger partial charge in [-0.2, -0.15) is 0 Å². The highest BCUT2D eigenvalue weighted by atomic mass is 16.5. The van der Waals surface area contributed by atoms with Gasteiger partial charge in [0.05, 0.1) is 32.3 Å². The molecule has 1 fully saturated rings. The number of fused-ring (bicyclic) bond motifs is 3. The fraction of sp³-hybridized carbons (Fsp3) is 0.615. The number of nitrogens with one attached hydrogen (secondary N) is 1. The molecule has 9 nitrogen and oxygen atoms in total. The highest BCUT2D eigenvalue weighted by Gasteiger charge is 2.52. The van der Waals surface area contributed by atoms with Crippen LogP contribution in [0.1, 0.15) is 50.2 Å². The molecule has 0 spiro atoms. The van der Waals surface area contributed by atoms with Gasteiger partial charge in [-0.3, -0.25) is 9.59 Å². The van der Waals surface area contributed by atoms with Gasteiger partial charge in [-0.1, -0.05) is 13.8 Å². The van der Waals surface area contributed by atoms with Crippen molar-refractivity contribution in [3.05, 3.63) is 34.9 Å². The van der Waals surface area contributed by atoms with E-state index in [0.717, 1.165) is 19.3 Å². The van der Waals surface area contributed by atoms with Gasteiger partial charge in [0.2, 0.25) is 11.8 Å². The van der Waals surface area contributed by atoms with Crippen molar-refractivity contribution >= 4 is 11.8 Å². The molecule has 1 saturated carbocycles. The van der Waals surface area contributed by atoms with Gasteiger partial charge in [0, 0.05) is 30.1 Å². The Bertz CT molecular complexity index is 988. The highest BCUT2D eigenvalue weighted by molar-refractivity contribution is 5.96. The van der Waals surface area contributed by atoms with Gasteiger partial charge in [-0.25, -0.2) is 0 Å². The fourth-order valence-corrected chi connectivity index (χ4v) is 4.99. The third-order valence-electron chi connectivity index (χ3n) is 7.01.